The van der Waals surface area contributed by atoms with Gasteiger partial charge in [0.05, 0.1) is 16.7 Å². The summed E-state index contributed by atoms with van der Waals surface area (Å²) in [7, 11) is 0. The first kappa shape index (κ1) is 17.6. The Hall–Kier alpha value is -2.52. The molecule has 6 nitrogen and oxygen atoms in total. The van der Waals surface area contributed by atoms with Crippen LogP contribution in [0.15, 0.2) is 29.4 Å². The Bertz CT molecular complexity index is 1170. The third-order valence-electron chi connectivity index (χ3n) is 4.81. The summed E-state index contributed by atoms with van der Waals surface area (Å²) in [4.78, 5) is 16.0. The molecule has 0 saturated carbocycles. The van der Waals surface area contributed by atoms with Gasteiger partial charge in [0, 0.05) is 4.88 Å². The number of nitrogen functional groups attached to an aromatic ring is 1. The normalized spacial score (nSPS) is 13.8. The number of nitrogens with two attached hydrogens (primary N) is 1. The van der Waals surface area contributed by atoms with Crippen molar-refractivity contribution in [3.05, 3.63) is 46.3 Å². The lowest BCUT2D eigenvalue weighted by Gasteiger charge is -2.10. The molecule has 1 aliphatic rings. The second-order valence-electron chi connectivity index (χ2n) is 6.65. The predicted molar refractivity (Wildman–Crippen MR) is 110 cm³/mol. The summed E-state index contributed by atoms with van der Waals surface area (Å²) in [5.74, 6) is 1.78. The molecule has 142 valence electrons. The van der Waals surface area contributed by atoms with Gasteiger partial charge in [0.25, 0.3) is 0 Å². The van der Waals surface area contributed by atoms with Crippen LogP contribution in [0, 0.1) is 5.82 Å². The summed E-state index contributed by atoms with van der Waals surface area (Å²) < 4.78 is 13.9. The van der Waals surface area contributed by atoms with Crippen LogP contribution in [-0.2, 0) is 18.6 Å². The highest BCUT2D eigenvalue weighted by atomic mass is 32.2. The van der Waals surface area contributed by atoms with Gasteiger partial charge in [-0.05, 0) is 43.4 Å². The molecule has 1 aliphatic carbocycles. The Balaban J connectivity index is 1.37. The van der Waals surface area contributed by atoms with E-state index in [-0.39, 0.29) is 5.82 Å². The van der Waals surface area contributed by atoms with Crippen LogP contribution >= 0.6 is 23.1 Å². The number of fused-ring (bicyclic) bond motifs is 3. The highest BCUT2D eigenvalue weighted by molar-refractivity contribution is 7.98. The van der Waals surface area contributed by atoms with Crippen molar-refractivity contribution in [2.45, 2.75) is 36.6 Å². The van der Waals surface area contributed by atoms with Crippen LogP contribution in [-0.4, -0.2) is 25.1 Å². The monoisotopic (exact) mass is 412 g/mol. The van der Waals surface area contributed by atoms with Crippen molar-refractivity contribution in [2.24, 2.45) is 0 Å². The number of halogens is 1. The standard InChI is InChI=1S/C19H17FN6S2/c20-12-7-3-1-5-10(12)17-24-19(26-25-17)27-9-14-22-16(21)15-11-6-2-4-8-13(11)28-18(15)23-14/h1,3,5,7H,2,4,6,8-9H2,(H2,21,22,23)(H,24,25,26). The number of nitrogens with zero attached hydrogens (tertiary/aromatic N) is 4. The zero-order valence-corrected chi connectivity index (χ0v) is 16.5. The average molecular weight is 413 g/mol. The Morgan fingerprint density at radius 3 is 2.89 bits per heavy atom. The minimum absolute atomic E-state index is 0.335. The Kier molecular flexibility index (Phi) is 4.48. The van der Waals surface area contributed by atoms with E-state index in [2.05, 4.69) is 20.2 Å². The van der Waals surface area contributed by atoms with Gasteiger partial charge in [-0.2, -0.15) is 0 Å². The van der Waals surface area contributed by atoms with Gasteiger partial charge in [-0.3, -0.25) is 5.10 Å². The second-order valence-corrected chi connectivity index (χ2v) is 8.68. The Morgan fingerprint density at radius 2 is 2.00 bits per heavy atom. The van der Waals surface area contributed by atoms with Gasteiger partial charge in [-0.25, -0.2) is 19.3 Å². The fourth-order valence-electron chi connectivity index (χ4n) is 3.51. The minimum Gasteiger partial charge on any atom is -0.383 e. The van der Waals surface area contributed by atoms with Crippen LogP contribution in [0.4, 0.5) is 10.2 Å². The number of nitrogens with one attached hydrogen (secondary N) is 1. The highest BCUT2D eigenvalue weighted by Gasteiger charge is 2.20. The fourth-order valence-corrected chi connectivity index (χ4v) is 5.45. The number of aromatic amines is 1. The van der Waals surface area contributed by atoms with Gasteiger partial charge in [-0.1, -0.05) is 23.9 Å². The van der Waals surface area contributed by atoms with Crippen LogP contribution < -0.4 is 5.73 Å². The molecule has 0 spiro atoms. The van der Waals surface area contributed by atoms with Gasteiger partial charge >= 0.3 is 0 Å². The molecular formula is C19H17FN6S2. The van der Waals surface area contributed by atoms with E-state index in [4.69, 9.17) is 10.7 Å². The number of aromatic nitrogens is 5. The molecule has 0 bridgehead atoms. The maximum atomic E-state index is 13.9. The number of H-pyrrole nitrogens is 1. The Morgan fingerprint density at radius 1 is 1.14 bits per heavy atom. The highest BCUT2D eigenvalue weighted by Crippen LogP contribution is 2.38. The van der Waals surface area contributed by atoms with E-state index in [1.807, 2.05) is 0 Å². The quantitative estimate of drug-likeness (QED) is 0.484. The van der Waals surface area contributed by atoms with Crippen LogP contribution in [0.3, 0.4) is 0 Å². The summed E-state index contributed by atoms with van der Waals surface area (Å²) in [5, 5.41) is 8.51. The predicted octanol–water partition coefficient (Wildman–Crippen LogP) is 4.37. The smallest absolute Gasteiger partial charge is 0.209 e. The topological polar surface area (TPSA) is 93.4 Å². The molecule has 5 rings (SSSR count). The molecule has 1 aromatic carbocycles. The summed E-state index contributed by atoms with van der Waals surface area (Å²) in [6.07, 6.45) is 4.60. The van der Waals surface area contributed by atoms with E-state index in [0.717, 1.165) is 23.1 Å². The van der Waals surface area contributed by atoms with Crippen LogP contribution in [0.5, 0.6) is 0 Å². The second kappa shape index (κ2) is 7.14. The van der Waals surface area contributed by atoms with Crippen LogP contribution in [0.25, 0.3) is 21.6 Å². The van der Waals surface area contributed by atoms with Crippen molar-refractivity contribution in [3.8, 4) is 11.4 Å². The zero-order valence-electron chi connectivity index (χ0n) is 14.9. The fraction of sp³-hybridized carbons (Fsp3) is 0.263. The van der Waals surface area contributed by atoms with Crippen molar-refractivity contribution in [1.82, 2.24) is 25.1 Å². The van der Waals surface area contributed by atoms with Gasteiger partial charge < -0.3 is 5.73 Å². The maximum Gasteiger partial charge on any atom is 0.209 e. The molecular weight excluding hydrogens is 395 g/mol. The number of rotatable bonds is 4. The molecule has 4 aromatic rings. The van der Waals surface area contributed by atoms with E-state index in [1.54, 1.807) is 29.5 Å². The Labute approximate surface area is 168 Å². The third-order valence-corrected chi connectivity index (χ3v) is 6.84. The number of hydrogen-bond donors (Lipinski definition) is 2. The summed E-state index contributed by atoms with van der Waals surface area (Å²) in [6.45, 7) is 0. The molecule has 28 heavy (non-hydrogen) atoms. The van der Waals surface area contributed by atoms with Crippen molar-refractivity contribution in [3.63, 3.8) is 0 Å². The number of anilines is 1. The van der Waals surface area contributed by atoms with Crippen molar-refractivity contribution in [1.29, 1.82) is 0 Å². The van der Waals surface area contributed by atoms with E-state index in [9.17, 15) is 4.39 Å². The van der Waals surface area contributed by atoms with Gasteiger partial charge in [0.1, 0.15) is 22.3 Å². The number of aryl methyl sites for hydroxylation is 2. The first-order valence-electron chi connectivity index (χ1n) is 9.06. The number of thioether (sulfide) groups is 1. The lowest BCUT2D eigenvalue weighted by atomic mass is 9.97. The molecule has 9 heteroatoms. The van der Waals surface area contributed by atoms with Crippen molar-refractivity contribution >= 4 is 39.1 Å². The molecule has 0 unspecified atom stereocenters. The first-order chi connectivity index (χ1) is 13.7. The van der Waals surface area contributed by atoms with E-state index in [1.165, 1.54) is 41.1 Å². The SMILES string of the molecule is Nc1nc(CSc2n[nH]c(-c3ccccc3F)n2)nc2sc3c(c12)CCCC3. The maximum absolute atomic E-state index is 13.9. The summed E-state index contributed by atoms with van der Waals surface area (Å²) in [6, 6.07) is 6.48. The molecule has 0 radical (unpaired) electrons. The van der Waals surface area contributed by atoms with Gasteiger partial charge in [0.2, 0.25) is 5.16 Å². The third kappa shape index (κ3) is 3.14. The average Bonchev–Trinajstić information content (AvgIpc) is 3.31. The molecule has 0 amide bonds. The number of hydrogen-bond acceptors (Lipinski definition) is 7. The van der Waals surface area contributed by atoms with Crippen LogP contribution in [0.1, 0.15) is 29.1 Å². The lowest BCUT2D eigenvalue weighted by Crippen LogP contribution is -2.02. The summed E-state index contributed by atoms with van der Waals surface area (Å²) >= 11 is 3.13. The zero-order chi connectivity index (χ0) is 19.1. The number of benzene rings is 1. The van der Waals surface area contributed by atoms with Gasteiger partial charge in [0.15, 0.2) is 5.82 Å². The van der Waals surface area contributed by atoms with Crippen molar-refractivity contribution in [2.75, 3.05) is 5.73 Å². The van der Waals surface area contributed by atoms with E-state index < -0.39 is 0 Å². The molecule has 0 aliphatic heterocycles. The molecule has 3 aromatic heterocycles. The number of thiophene rings is 1. The van der Waals surface area contributed by atoms with E-state index in [0.29, 0.717) is 33.9 Å². The molecule has 3 N–H and O–H groups in total. The lowest BCUT2D eigenvalue weighted by molar-refractivity contribution is 0.630. The molecule has 3 heterocycles. The van der Waals surface area contributed by atoms with Gasteiger partial charge in [-0.15, -0.1) is 16.4 Å². The first-order valence-corrected chi connectivity index (χ1v) is 10.9. The summed E-state index contributed by atoms with van der Waals surface area (Å²) in [5.41, 5.74) is 7.99. The molecule has 0 fully saturated rings. The largest absolute Gasteiger partial charge is 0.383 e. The minimum atomic E-state index is -0.335. The van der Waals surface area contributed by atoms with Crippen molar-refractivity contribution < 1.29 is 4.39 Å². The molecule has 0 atom stereocenters. The van der Waals surface area contributed by atoms with E-state index >= 15 is 0 Å². The molecule has 0 saturated heterocycles. The van der Waals surface area contributed by atoms with Crippen LogP contribution in [0.2, 0.25) is 0 Å².